The predicted octanol–water partition coefficient (Wildman–Crippen LogP) is 4.80. The summed E-state index contributed by atoms with van der Waals surface area (Å²) in [6.07, 6.45) is 0. The largest absolute Gasteiger partial charge is 0.456 e. The molecule has 0 atom stereocenters. The van der Waals surface area contributed by atoms with Gasteiger partial charge >= 0.3 is 0 Å². The van der Waals surface area contributed by atoms with Crippen LogP contribution in [0.1, 0.15) is 0 Å². The number of hydrogen-bond acceptors (Lipinski definition) is 2. The first-order chi connectivity index (χ1) is 6.86. The Balaban J connectivity index is -0.000000225. The van der Waals surface area contributed by atoms with Crippen LogP contribution in [0.3, 0.4) is 0 Å². The van der Waals surface area contributed by atoms with Gasteiger partial charge in [0, 0.05) is 4.90 Å². The van der Waals surface area contributed by atoms with Crippen LogP contribution in [0, 0.1) is 0 Å². The normalized spacial score (nSPS) is 7.21. The molecule has 19 heavy (non-hydrogen) atoms. The molecule has 0 saturated carbocycles. The van der Waals surface area contributed by atoms with Crippen LogP contribution in [-0.2, 0) is 0 Å². The van der Waals surface area contributed by atoms with Crippen molar-refractivity contribution in [2.45, 2.75) is 4.90 Å². The standard InChI is InChI=1S/C12H10OS.ClH.4FH/c14-12-9-5-4-8-11(12)13-10-6-2-1-3-7-10;;;;;/h1-9,14H;5*1H. The zero-order valence-electron chi connectivity index (χ0n) is 9.59. The van der Waals surface area contributed by atoms with Crippen LogP contribution in [0.2, 0.25) is 0 Å². The monoisotopic (exact) mass is 318 g/mol. The smallest absolute Gasteiger partial charge is 0.140 e. The highest BCUT2D eigenvalue weighted by Crippen LogP contribution is 2.26. The second-order valence-electron chi connectivity index (χ2n) is 2.88. The summed E-state index contributed by atoms with van der Waals surface area (Å²) in [7, 11) is 0. The summed E-state index contributed by atoms with van der Waals surface area (Å²) < 4.78 is 5.63. The molecule has 110 valence electrons. The Hall–Kier alpha value is -1.40. The van der Waals surface area contributed by atoms with Gasteiger partial charge in [0.2, 0.25) is 0 Å². The third-order valence-electron chi connectivity index (χ3n) is 1.84. The Kier molecular flexibility index (Phi) is 18.0. The highest BCUT2D eigenvalue weighted by Gasteiger charge is 1.98. The molecule has 0 aliphatic carbocycles. The zero-order chi connectivity index (χ0) is 9.80. The van der Waals surface area contributed by atoms with E-state index in [1.54, 1.807) is 0 Å². The van der Waals surface area contributed by atoms with Crippen LogP contribution in [0.25, 0.3) is 0 Å². The van der Waals surface area contributed by atoms with Crippen molar-refractivity contribution in [3.05, 3.63) is 54.6 Å². The van der Waals surface area contributed by atoms with Gasteiger partial charge in [-0.25, -0.2) is 0 Å². The van der Waals surface area contributed by atoms with Crippen molar-refractivity contribution in [1.82, 2.24) is 0 Å². The maximum atomic E-state index is 5.63. The van der Waals surface area contributed by atoms with Crippen LogP contribution in [0.4, 0.5) is 18.8 Å². The van der Waals surface area contributed by atoms with E-state index < -0.39 is 0 Å². The summed E-state index contributed by atoms with van der Waals surface area (Å²) >= 11 is 4.30. The molecular weight excluding hydrogens is 304 g/mol. The minimum absolute atomic E-state index is 0. The van der Waals surface area contributed by atoms with Gasteiger partial charge in [0.05, 0.1) is 0 Å². The Morgan fingerprint density at radius 1 is 0.684 bits per heavy atom. The zero-order valence-corrected chi connectivity index (χ0v) is 11.3. The maximum Gasteiger partial charge on any atom is 0.140 e. The number of benzene rings is 2. The van der Waals surface area contributed by atoms with E-state index in [0.29, 0.717) is 0 Å². The lowest BCUT2D eigenvalue weighted by molar-refractivity contribution is 0.471. The molecule has 0 aliphatic rings. The van der Waals surface area contributed by atoms with Crippen molar-refractivity contribution in [3.63, 3.8) is 0 Å². The van der Waals surface area contributed by atoms with Gasteiger partial charge in [-0.1, -0.05) is 30.3 Å². The lowest BCUT2D eigenvalue weighted by Gasteiger charge is -2.06. The topological polar surface area (TPSA) is 9.23 Å². The van der Waals surface area contributed by atoms with Gasteiger partial charge in [0.25, 0.3) is 0 Å². The van der Waals surface area contributed by atoms with E-state index in [9.17, 15) is 0 Å². The fraction of sp³-hybridized carbons (Fsp3) is 0. The molecule has 2 aromatic rings. The Morgan fingerprint density at radius 2 is 1.16 bits per heavy atom. The van der Waals surface area contributed by atoms with Gasteiger partial charge in [-0.05, 0) is 24.3 Å². The molecule has 0 fully saturated rings. The number of hydrogen-bond donors (Lipinski definition) is 1. The highest BCUT2D eigenvalue weighted by atomic mass is 35.5. The summed E-state index contributed by atoms with van der Waals surface area (Å²) in [4.78, 5) is 0.844. The molecule has 0 radical (unpaired) electrons. The first-order valence-electron chi connectivity index (χ1n) is 4.37. The molecule has 0 heterocycles. The second kappa shape index (κ2) is 13.0. The molecular formula is C12H15ClF4OS. The van der Waals surface area contributed by atoms with Crippen molar-refractivity contribution in [3.8, 4) is 11.5 Å². The van der Waals surface area contributed by atoms with Crippen LogP contribution >= 0.6 is 25.0 Å². The SMILES string of the molecule is Cl.F.F.F.F.Sc1ccccc1Oc1ccccc1. The van der Waals surface area contributed by atoms with E-state index >= 15 is 0 Å². The Labute approximate surface area is 120 Å². The summed E-state index contributed by atoms with van der Waals surface area (Å²) in [5, 5.41) is 0. The average molecular weight is 319 g/mol. The van der Waals surface area contributed by atoms with E-state index in [4.69, 9.17) is 4.74 Å². The molecule has 0 spiro atoms. The van der Waals surface area contributed by atoms with Crippen molar-refractivity contribution >= 4 is 25.0 Å². The fourth-order valence-corrected chi connectivity index (χ4v) is 1.37. The molecule has 0 N–H and O–H groups in total. The predicted molar refractivity (Wildman–Crippen MR) is 77.5 cm³/mol. The fourth-order valence-electron chi connectivity index (χ4n) is 1.16. The van der Waals surface area contributed by atoms with Gasteiger partial charge in [0.1, 0.15) is 11.5 Å². The molecule has 7 heteroatoms. The van der Waals surface area contributed by atoms with Crippen molar-refractivity contribution in [2.24, 2.45) is 0 Å². The Morgan fingerprint density at radius 3 is 1.68 bits per heavy atom. The second-order valence-corrected chi connectivity index (χ2v) is 3.36. The van der Waals surface area contributed by atoms with E-state index in [1.807, 2.05) is 54.6 Å². The van der Waals surface area contributed by atoms with Crippen LogP contribution < -0.4 is 4.74 Å². The number of para-hydroxylation sites is 2. The maximum absolute atomic E-state index is 5.63. The minimum atomic E-state index is 0. The van der Waals surface area contributed by atoms with Crippen LogP contribution in [-0.4, -0.2) is 0 Å². The Bertz CT molecular complexity index is 431. The van der Waals surface area contributed by atoms with Gasteiger partial charge in [0.15, 0.2) is 0 Å². The van der Waals surface area contributed by atoms with E-state index in [0.717, 1.165) is 16.4 Å². The average Bonchev–Trinajstić information content (AvgIpc) is 2.23. The van der Waals surface area contributed by atoms with E-state index in [1.165, 1.54) is 0 Å². The van der Waals surface area contributed by atoms with Gasteiger partial charge in [-0.3, -0.25) is 18.8 Å². The molecule has 2 aromatic carbocycles. The van der Waals surface area contributed by atoms with Crippen LogP contribution in [0.5, 0.6) is 11.5 Å². The van der Waals surface area contributed by atoms with Gasteiger partial charge < -0.3 is 4.74 Å². The molecule has 0 unspecified atom stereocenters. The quantitative estimate of drug-likeness (QED) is 0.618. The summed E-state index contributed by atoms with van der Waals surface area (Å²) in [5.74, 6) is 1.61. The van der Waals surface area contributed by atoms with Crippen molar-refractivity contribution in [1.29, 1.82) is 0 Å². The molecule has 0 bridgehead atoms. The highest BCUT2D eigenvalue weighted by molar-refractivity contribution is 7.80. The third kappa shape index (κ3) is 7.58. The molecule has 0 amide bonds. The first kappa shape index (κ1) is 26.2. The molecule has 0 aliphatic heterocycles. The number of halogens is 5. The van der Waals surface area contributed by atoms with Gasteiger partial charge in [-0.2, -0.15) is 0 Å². The third-order valence-corrected chi connectivity index (χ3v) is 2.21. The molecule has 1 nitrogen and oxygen atoms in total. The summed E-state index contributed by atoms with van der Waals surface area (Å²) in [5.41, 5.74) is 0. The van der Waals surface area contributed by atoms with Crippen molar-refractivity contribution < 1.29 is 23.6 Å². The number of ether oxygens (including phenoxy) is 1. The lowest BCUT2D eigenvalue weighted by Crippen LogP contribution is -1.84. The minimum Gasteiger partial charge on any atom is -0.456 e. The summed E-state index contributed by atoms with van der Waals surface area (Å²) in [6.45, 7) is 0. The van der Waals surface area contributed by atoms with E-state index in [2.05, 4.69) is 12.6 Å². The number of thiol groups is 1. The molecule has 0 aromatic heterocycles. The molecule has 0 saturated heterocycles. The summed E-state index contributed by atoms with van der Waals surface area (Å²) in [6, 6.07) is 17.3. The van der Waals surface area contributed by atoms with E-state index in [-0.39, 0.29) is 31.2 Å². The first-order valence-corrected chi connectivity index (χ1v) is 4.82. The molecule has 2 rings (SSSR count). The lowest BCUT2D eigenvalue weighted by atomic mass is 10.3. The van der Waals surface area contributed by atoms with Gasteiger partial charge in [-0.15, -0.1) is 25.0 Å². The van der Waals surface area contributed by atoms with Crippen LogP contribution in [0.15, 0.2) is 59.5 Å². The number of rotatable bonds is 2. The van der Waals surface area contributed by atoms with Crippen molar-refractivity contribution in [2.75, 3.05) is 0 Å².